The van der Waals surface area contributed by atoms with Crippen molar-refractivity contribution in [3.05, 3.63) is 21.1 Å². The van der Waals surface area contributed by atoms with Gasteiger partial charge in [0.25, 0.3) is 0 Å². The summed E-state index contributed by atoms with van der Waals surface area (Å²) in [5, 5.41) is 7.57. The van der Waals surface area contributed by atoms with Crippen molar-refractivity contribution in [2.75, 3.05) is 6.61 Å². The quantitative estimate of drug-likeness (QED) is 0.374. The van der Waals surface area contributed by atoms with E-state index in [1.807, 2.05) is 0 Å². The number of rotatable bonds is 0. The Labute approximate surface area is 120 Å². The lowest BCUT2D eigenvalue weighted by atomic mass is 10.1. The molecule has 0 aliphatic heterocycles. The third kappa shape index (κ3) is 8.43. The van der Waals surface area contributed by atoms with Crippen molar-refractivity contribution in [3.8, 4) is 0 Å². The minimum absolute atomic E-state index is 0.250. The number of aliphatic hydroxyl groups is 1. The Morgan fingerprint density at radius 2 is 1.69 bits per heavy atom. The third-order valence-corrected chi connectivity index (χ3v) is 2.99. The van der Waals surface area contributed by atoms with E-state index in [0.29, 0.717) is 8.96 Å². The second kappa shape index (κ2) is 11.8. The molecular formula is C8H9Br2Cl2NO3. The van der Waals surface area contributed by atoms with Gasteiger partial charge in [-0.15, -0.1) is 4.35 Å². The fourth-order valence-corrected chi connectivity index (χ4v) is 1.15. The standard InChI is InChI=1S/C6H2Br2O2.C2H6O.Cl2HN/c7-3-1-2-4(9)6(10)5(3)8;1-2-3;1-3-2/h1-2H;3H,2H2,1H3;3H. The zero-order valence-corrected chi connectivity index (χ0v) is 12.8. The summed E-state index contributed by atoms with van der Waals surface area (Å²) in [5.41, 5.74) is 0. The number of ketones is 2. The average molecular weight is 398 g/mol. The maximum absolute atomic E-state index is 10.8. The second-order valence-electron chi connectivity index (χ2n) is 2.08. The number of aliphatic hydroxyl groups excluding tert-OH is 1. The number of halogens is 4. The Morgan fingerprint density at radius 3 is 2.00 bits per heavy atom. The number of hydrogen-bond acceptors (Lipinski definition) is 4. The lowest BCUT2D eigenvalue weighted by molar-refractivity contribution is -0.131. The normalized spacial score (nSPS) is 13.9. The van der Waals surface area contributed by atoms with Crippen LogP contribution >= 0.6 is 55.4 Å². The van der Waals surface area contributed by atoms with E-state index in [0.717, 1.165) is 0 Å². The number of allylic oxidation sites excluding steroid dienone is 4. The summed E-state index contributed by atoms with van der Waals surface area (Å²) >= 11 is 15.1. The van der Waals surface area contributed by atoms with Crippen molar-refractivity contribution >= 4 is 67.0 Å². The summed E-state index contributed by atoms with van der Waals surface area (Å²) in [5.74, 6) is -0.996. The van der Waals surface area contributed by atoms with E-state index in [4.69, 9.17) is 5.11 Å². The molecule has 0 atom stereocenters. The first kappa shape index (κ1) is 18.6. The minimum Gasteiger partial charge on any atom is -0.397 e. The Morgan fingerprint density at radius 1 is 1.31 bits per heavy atom. The van der Waals surface area contributed by atoms with Gasteiger partial charge in [0, 0.05) is 11.1 Å². The summed E-state index contributed by atoms with van der Waals surface area (Å²) in [7, 11) is 0. The molecule has 0 spiro atoms. The van der Waals surface area contributed by atoms with E-state index in [1.54, 1.807) is 11.3 Å². The van der Waals surface area contributed by atoms with Gasteiger partial charge < -0.3 is 5.11 Å². The molecule has 0 saturated carbocycles. The van der Waals surface area contributed by atoms with Crippen LogP contribution in [0.1, 0.15) is 6.92 Å². The van der Waals surface area contributed by atoms with E-state index < -0.39 is 11.6 Å². The van der Waals surface area contributed by atoms with E-state index >= 15 is 0 Å². The molecule has 0 heterocycles. The smallest absolute Gasteiger partial charge is 0.240 e. The van der Waals surface area contributed by atoms with Crippen LogP contribution in [0.4, 0.5) is 0 Å². The molecule has 0 amide bonds. The predicted octanol–water partition coefficient (Wildman–Crippen LogP) is 2.58. The zero-order valence-electron chi connectivity index (χ0n) is 8.14. The summed E-state index contributed by atoms with van der Waals surface area (Å²) < 4.78 is 2.59. The Hall–Kier alpha value is 0.280. The van der Waals surface area contributed by atoms with Crippen molar-refractivity contribution in [2.24, 2.45) is 0 Å². The highest BCUT2D eigenvalue weighted by Gasteiger charge is 2.19. The van der Waals surface area contributed by atoms with Gasteiger partial charge in [-0.05, 0) is 74.5 Å². The van der Waals surface area contributed by atoms with Gasteiger partial charge in [0.2, 0.25) is 11.6 Å². The van der Waals surface area contributed by atoms with Crippen LogP contribution in [0.25, 0.3) is 0 Å². The van der Waals surface area contributed by atoms with Crippen molar-refractivity contribution in [3.63, 3.8) is 0 Å². The van der Waals surface area contributed by atoms with E-state index in [1.165, 1.54) is 12.2 Å². The van der Waals surface area contributed by atoms with Crippen LogP contribution in [0.5, 0.6) is 0 Å². The fourth-order valence-electron chi connectivity index (χ4n) is 0.514. The van der Waals surface area contributed by atoms with Gasteiger partial charge in [0.15, 0.2) is 0 Å². The molecule has 0 bridgehead atoms. The number of hydrogen-bond donors (Lipinski definition) is 2. The highest BCUT2D eigenvalue weighted by Crippen LogP contribution is 2.23. The Bertz CT molecular complexity index is 304. The van der Waals surface area contributed by atoms with Gasteiger partial charge in [-0.1, -0.05) is 0 Å². The molecule has 0 saturated heterocycles. The van der Waals surface area contributed by atoms with Gasteiger partial charge in [-0.25, -0.2) is 0 Å². The van der Waals surface area contributed by atoms with Crippen LogP contribution in [0.3, 0.4) is 0 Å². The van der Waals surface area contributed by atoms with Crippen LogP contribution in [0.15, 0.2) is 21.1 Å². The largest absolute Gasteiger partial charge is 0.397 e. The molecule has 0 aromatic rings. The maximum atomic E-state index is 10.8. The van der Waals surface area contributed by atoms with Crippen molar-refractivity contribution in [1.29, 1.82) is 0 Å². The highest BCUT2D eigenvalue weighted by molar-refractivity contribution is 9.14. The first-order valence-corrected chi connectivity index (χ1v) is 6.19. The molecule has 0 radical (unpaired) electrons. The molecule has 0 fully saturated rings. The molecule has 1 aliphatic rings. The monoisotopic (exact) mass is 395 g/mol. The minimum atomic E-state index is -0.505. The van der Waals surface area contributed by atoms with Crippen molar-refractivity contribution < 1.29 is 14.7 Å². The molecule has 4 nitrogen and oxygen atoms in total. The fraction of sp³-hybridized carbons (Fsp3) is 0.250. The van der Waals surface area contributed by atoms with Crippen LogP contribution in [0.2, 0.25) is 0 Å². The van der Waals surface area contributed by atoms with E-state index in [9.17, 15) is 9.59 Å². The van der Waals surface area contributed by atoms with Crippen LogP contribution < -0.4 is 4.35 Å². The van der Waals surface area contributed by atoms with Gasteiger partial charge in [0.05, 0.1) is 4.48 Å². The van der Waals surface area contributed by atoms with Gasteiger partial charge in [0.1, 0.15) is 0 Å². The summed E-state index contributed by atoms with van der Waals surface area (Å²) in [6.45, 7) is 1.93. The van der Waals surface area contributed by atoms with Crippen LogP contribution in [0, 0.1) is 0 Å². The molecular weight excluding hydrogens is 389 g/mol. The van der Waals surface area contributed by atoms with E-state index in [2.05, 4.69) is 55.4 Å². The molecule has 92 valence electrons. The number of carbonyl (C=O) groups is 2. The molecule has 0 aromatic carbocycles. The molecule has 8 heteroatoms. The van der Waals surface area contributed by atoms with Gasteiger partial charge >= 0.3 is 0 Å². The first-order valence-electron chi connectivity index (χ1n) is 3.85. The maximum Gasteiger partial charge on any atom is 0.240 e. The second-order valence-corrected chi connectivity index (χ2v) is 4.30. The number of carbonyl (C=O) groups excluding carboxylic acids is 2. The average Bonchev–Trinajstić information content (AvgIpc) is 2.23. The predicted molar refractivity (Wildman–Crippen MR) is 71.6 cm³/mol. The highest BCUT2D eigenvalue weighted by atomic mass is 79.9. The molecule has 0 unspecified atom stereocenters. The summed E-state index contributed by atoms with van der Waals surface area (Å²) in [6.07, 6.45) is 2.77. The first-order chi connectivity index (χ1) is 7.45. The van der Waals surface area contributed by atoms with Gasteiger partial charge in [-0.3, -0.25) is 9.59 Å². The topological polar surface area (TPSA) is 66.4 Å². The Balaban J connectivity index is 0. The molecule has 1 rings (SSSR count). The lowest BCUT2D eigenvalue weighted by Crippen LogP contribution is -2.13. The SMILES string of the molecule is CCO.ClNCl.O=C1C=CC(Br)=C(Br)C1=O. The molecule has 16 heavy (non-hydrogen) atoms. The van der Waals surface area contributed by atoms with Gasteiger partial charge in [-0.2, -0.15) is 0 Å². The molecule has 0 aromatic heterocycles. The molecule has 2 N–H and O–H groups in total. The summed E-state index contributed by atoms with van der Waals surface area (Å²) in [6, 6.07) is 0. The zero-order chi connectivity index (χ0) is 13.1. The lowest BCUT2D eigenvalue weighted by Gasteiger charge is -2.01. The van der Waals surface area contributed by atoms with Crippen LogP contribution in [-0.4, -0.2) is 23.3 Å². The number of Topliss-reactive ketones (excluding diaryl/α,β-unsaturated/α-hetero) is 1. The molecule has 1 aliphatic carbocycles. The Kier molecular flexibility index (Phi) is 13.7. The third-order valence-electron chi connectivity index (χ3n) is 1.01. The van der Waals surface area contributed by atoms with Crippen LogP contribution in [-0.2, 0) is 9.59 Å². The van der Waals surface area contributed by atoms with Crippen molar-refractivity contribution in [2.45, 2.75) is 6.92 Å². The van der Waals surface area contributed by atoms with E-state index in [-0.39, 0.29) is 6.61 Å². The summed E-state index contributed by atoms with van der Waals surface area (Å²) in [4.78, 5) is 21.4. The van der Waals surface area contributed by atoms with Crippen molar-refractivity contribution in [1.82, 2.24) is 4.35 Å². The number of nitrogens with one attached hydrogen (secondary N) is 1.